The first-order valence-corrected chi connectivity index (χ1v) is 15.5. The van der Waals surface area contributed by atoms with E-state index in [9.17, 15) is 19.2 Å². The molecule has 2 atom stereocenters. The molecular formula is C35H43N5O6. The van der Waals surface area contributed by atoms with Crippen molar-refractivity contribution in [3.63, 3.8) is 0 Å². The second kappa shape index (κ2) is 16.4. The molecule has 0 aliphatic carbocycles. The van der Waals surface area contributed by atoms with Crippen molar-refractivity contribution >= 4 is 23.6 Å². The zero-order chi connectivity index (χ0) is 33.1. The van der Waals surface area contributed by atoms with Crippen LogP contribution in [-0.2, 0) is 22.4 Å². The van der Waals surface area contributed by atoms with E-state index in [4.69, 9.17) is 9.47 Å². The number of benzene rings is 2. The van der Waals surface area contributed by atoms with Crippen LogP contribution in [0.4, 0.5) is 0 Å². The highest BCUT2D eigenvalue weighted by Crippen LogP contribution is 2.22. The van der Waals surface area contributed by atoms with Crippen molar-refractivity contribution in [3.8, 4) is 11.5 Å². The van der Waals surface area contributed by atoms with E-state index >= 15 is 0 Å². The molecule has 0 saturated carbocycles. The fourth-order valence-electron chi connectivity index (χ4n) is 5.51. The molecule has 3 N–H and O–H groups in total. The van der Waals surface area contributed by atoms with Gasteiger partial charge in [0.05, 0.1) is 20.8 Å². The van der Waals surface area contributed by atoms with Crippen LogP contribution in [0.25, 0.3) is 0 Å². The highest BCUT2D eigenvalue weighted by atomic mass is 16.5. The van der Waals surface area contributed by atoms with Crippen LogP contribution in [0.1, 0.15) is 58.5 Å². The predicted octanol–water partition coefficient (Wildman–Crippen LogP) is 3.18. The molecule has 11 nitrogen and oxygen atoms in total. The van der Waals surface area contributed by atoms with Gasteiger partial charge in [-0.25, -0.2) is 0 Å². The first-order chi connectivity index (χ1) is 22.2. The summed E-state index contributed by atoms with van der Waals surface area (Å²) in [6, 6.07) is 14.2. The predicted molar refractivity (Wildman–Crippen MR) is 174 cm³/mol. The largest absolute Gasteiger partial charge is 0.497 e. The van der Waals surface area contributed by atoms with Crippen LogP contribution < -0.4 is 25.4 Å². The standard InChI is InChI=1S/C35H43N5O6/c1-23(2)18-28-21-40(35(44)25-13-16-36-17-14-25)22-32(41)37-15-5-6-26-20-27(9-12-31(26)46-4)33(42)39-30(34(43)38-28)19-24-7-10-29(45-3)11-8-24/h7-14,16-17,20,23,28,30H,5-6,15,18-19,21-22H2,1-4H3,(H,37,41)(H,38,43)(H,39,42)/t28-,30-/m0/s1. The Hall–Kier alpha value is -4.93. The summed E-state index contributed by atoms with van der Waals surface area (Å²) in [5.74, 6) is 0.0200. The molecule has 11 heteroatoms. The first kappa shape index (κ1) is 34.0. The maximum absolute atomic E-state index is 14.0. The zero-order valence-electron chi connectivity index (χ0n) is 26.9. The van der Waals surface area contributed by atoms with E-state index in [1.807, 2.05) is 26.0 Å². The van der Waals surface area contributed by atoms with E-state index in [1.54, 1.807) is 56.7 Å². The Labute approximate surface area is 270 Å². The van der Waals surface area contributed by atoms with E-state index < -0.39 is 23.9 Å². The van der Waals surface area contributed by atoms with Crippen molar-refractivity contribution in [2.75, 3.05) is 33.9 Å². The maximum atomic E-state index is 14.0. The monoisotopic (exact) mass is 629 g/mol. The smallest absolute Gasteiger partial charge is 0.254 e. The Morgan fingerprint density at radius 3 is 2.39 bits per heavy atom. The second-order valence-electron chi connectivity index (χ2n) is 11.8. The van der Waals surface area contributed by atoms with Crippen LogP contribution in [0.3, 0.4) is 0 Å². The Bertz CT molecular complexity index is 1500. The number of amides is 4. The Morgan fingerprint density at radius 1 is 0.978 bits per heavy atom. The molecular weight excluding hydrogens is 586 g/mol. The number of rotatable bonds is 7. The summed E-state index contributed by atoms with van der Waals surface area (Å²) < 4.78 is 10.8. The highest BCUT2D eigenvalue weighted by molar-refractivity contribution is 5.98. The summed E-state index contributed by atoms with van der Waals surface area (Å²) >= 11 is 0. The molecule has 4 rings (SSSR count). The molecule has 0 fully saturated rings. The Morgan fingerprint density at radius 2 is 1.72 bits per heavy atom. The lowest BCUT2D eigenvalue weighted by molar-refractivity contribution is -0.123. The molecule has 1 aliphatic heterocycles. The van der Waals surface area contributed by atoms with E-state index in [1.165, 1.54) is 17.3 Å². The van der Waals surface area contributed by atoms with E-state index in [0.717, 1.165) is 11.1 Å². The van der Waals surface area contributed by atoms with Crippen LogP contribution in [0.15, 0.2) is 67.0 Å². The van der Waals surface area contributed by atoms with Gasteiger partial charge >= 0.3 is 0 Å². The quantitative estimate of drug-likeness (QED) is 0.365. The first-order valence-electron chi connectivity index (χ1n) is 15.5. The van der Waals surface area contributed by atoms with E-state index in [0.29, 0.717) is 48.4 Å². The summed E-state index contributed by atoms with van der Waals surface area (Å²) in [5, 5.41) is 8.96. The highest BCUT2D eigenvalue weighted by Gasteiger charge is 2.29. The second-order valence-corrected chi connectivity index (χ2v) is 11.8. The van der Waals surface area contributed by atoms with Crippen molar-refractivity contribution in [2.45, 2.75) is 51.6 Å². The summed E-state index contributed by atoms with van der Waals surface area (Å²) in [6.07, 6.45) is 4.93. The third kappa shape index (κ3) is 9.53. The number of pyridine rings is 1. The van der Waals surface area contributed by atoms with Gasteiger partial charge in [0.2, 0.25) is 11.8 Å². The fraction of sp³-hybridized carbons (Fsp3) is 0.400. The van der Waals surface area contributed by atoms with Crippen LogP contribution in [-0.4, -0.2) is 79.5 Å². The summed E-state index contributed by atoms with van der Waals surface area (Å²) in [7, 11) is 3.14. The topological polar surface area (TPSA) is 139 Å². The van der Waals surface area contributed by atoms with Crippen molar-refractivity contribution in [1.82, 2.24) is 25.8 Å². The number of nitrogens with one attached hydrogen (secondary N) is 3. The van der Waals surface area contributed by atoms with Gasteiger partial charge in [0.1, 0.15) is 17.5 Å². The molecule has 0 spiro atoms. The van der Waals surface area contributed by atoms with Crippen LogP contribution in [0.2, 0.25) is 0 Å². The molecule has 46 heavy (non-hydrogen) atoms. The number of fused-ring (bicyclic) bond motifs is 2. The van der Waals surface area contributed by atoms with Gasteiger partial charge in [-0.05, 0) is 78.8 Å². The maximum Gasteiger partial charge on any atom is 0.254 e. The third-order valence-electron chi connectivity index (χ3n) is 7.80. The summed E-state index contributed by atoms with van der Waals surface area (Å²) in [4.78, 5) is 59.8. The molecule has 244 valence electrons. The normalized spacial score (nSPS) is 18.2. The van der Waals surface area contributed by atoms with Crippen molar-refractivity contribution < 1.29 is 28.7 Å². The summed E-state index contributed by atoms with van der Waals surface area (Å²) in [5.41, 5.74) is 2.41. The molecule has 4 amide bonds. The number of nitrogens with zero attached hydrogens (tertiary/aromatic N) is 2. The molecule has 0 saturated heterocycles. The number of ether oxygens (including phenoxy) is 2. The van der Waals surface area contributed by atoms with Gasteiger partial charge in [-0.2, -0.15) is 0 Å². The third-order valence-corrected chi connectivity index (χ3v) is 7.80. The van der Waals surface area contributed by atoms with Gasteiger partial charge in [0, 0.05) is 49.1 Å². The Balaban J connectivity index is 1.70. The molecule has 0 radical (unpaired) electrons. The molecule has 3 aromatic rings. The lowest BCUT2D eigenvalue weighted by Crippen LogP contribution is -2.54. The average molecular weight is 630 g/mol. The van der Waals surface area contributed by atoms with Gasteiger partial charge < -0.3 is 30.3 Å². The van der Waals surface area contributed by atoms with Gasteiger partial charge in [-0.1, -0.05) is 26.0 Å². The minimum Gasteiger partial charge on any atom is -0.497 e. The van der Waals surface area contributed by atoms with Gasteiger partial charge in [0.15, 0.2) is 0 Å². The van der Waals surface area contributed by atoms with Gasteiger partial charge in [-0.3, -0.25) is 24.2 Å². The number of carbonyl (C=O) groups is 4. The van der Waals surface area contributed by atoms with E-state index in [-0.39, 0.29) is 37.2 Å². The minimum absolute atomic E-state index is 0.0969. The molecule has 2 aromatic carbocycles. The molecule has 0 unspecified atom stereocenters. The number of aromatic nitrogens is 1. The van der Waals surface area contributed by atoms with Gasteiger partial charge in [0.25, 0.3) is 11.8 Å². The fourth-order valence-corrected chi connectivity index (χ4v) is 5.51. The van der Waals surface area contributed by atoms with Crippen molar-refractivity contribution in [3.05, 3.63) is 89.2 Å². The summed E-state index contributed by atoms with van der Waals surface area (Å²) in [6.45, 7) is 4.32. The van der Waals surface area contributed by atoms with E-state index in [2.05, 4.69) is 20.9 Å². The van der Waals surface area contributed by atoms with Crippen molar-refractivity contribution in [2.24, 2.45) is 5.92 Å². The molecule has 1 aromatic heterocycles. The lowest BCUT2D eigenvalue weighted by atomic mass is 10.00. The van der Waals surface area contributed by atoms with Crippen LogP contribution in [0, 0.1) is 5.92 Å². The number of carbonyl (C=O) groups excluding carboxylic acids is 4. The Kier molecular flexibility index (Phi) is 12.1. The van der Waals surface area contributed by atoms with Gasteiger partial charge in [-0.15, -0.1) is 0 Å². The number of hydrogen-bond donors (Lipinski definition) is 3. The minimum atomic E-state index is -0.926. The number of aryl methyl sites for hydroxylation is 1. The average Bonchev–Trinajstić information content (AvgIpc) is 3.05. The zero-order valence-corrected chi connectivity index (χ0v) is 26.9. The van der Waals surface area contributed by atoms with Crippen LogP contribution in [0.5, 0.6) is 11.5 Å². The molecule has 2 heterocycles. The van der Waals surface area contributed by atoms with Crippen LogP contribution >= 0.6 is 0 Å². The molecule has 1 aliphatic rings. The number of methoxy groups -OCH3 is 2. The number of hydrogen-bond acceptors (Lipinski definition) is 7. The molecule has 2 bridgehead atoms. The SMILES string of the molecule is COc1ccc(C[C@@H]2NC(=O)c3ccc(OC)c(c3)CCCNC(=O)CN(C(=O)c3ccncc3)C[C@H](CC(C)C)NC2=O)cc1. The van der Waals surface area contributed by atoms with Crippen molar-refractivity contribution in [1.29, 1.82) is 0 Å². The lowest BCUT2D eigenvalue weighted by Gasteiger charge is -2.30.